The number of hydrogen-bond donors (Lipinski definition) is 1. The van der Waals surface area contributed by atoms with E-state index in [1.165, 1.54) is 11.6 Å². The molecule has 0 aliphatic carbocycles. The lowest BCUT2D eigenvalue weighted by molar-refractivity contribution is 0.103. The maximum absolute atomic E-state index is 13.9. The number of halogens is 2. The third-order valence-electron chi connectivity index (χ3n) is 3.30. The lowest BCUT2D eigenvalue weighted by atomic mass is 9.99. The number of carbonyl (C=O) groups excluding carboxylic acids is 1. The topological polar surface area (TPSA) is 29.1 Å². The zero-order valence-electron chi connectivity index (χ0n) is 10.0. The van der Waals surface area contributed by atoms with Crippen LogP contribution < -0.4 is 5.32 Å². The van der Waals surface area contributed by atoms with Crippen molar-refractivity contribution in [2.24, 2.45) is 0 Å². The van der Waals surface area contributed by atoms with Crippen molar-refractivity contribution in [3.8, 4) is 0 Å². The summed E-state index contributed by atoms with van der Waals surface area (Å²) in [6, 6.07) is 10.3. The summed E-state index contributed by atoms with van der Waals surface area (Å²) in [5.41, 5.74) is 2.94. The Kier molecular flexibility index (Phi) is 3.21. The highest BCUT2D eigenvalue weighted by atomic mass is 79.9. The molecule has 1 aliphatic heterocycles. The van der Waals surface area contributed by atoms with Gasteiger partial charge in [-0.15, -0.1) is 0 Å². The van der Waals surface area contributed by atoms with Gasteiger partial charge in [0.1, 0.15) is 5.82 Å². The van der Waals surface area contributed by atoms with E-state index < -0.39 is 5.82 Å². The number of nitrogens with one attached hydrogen (secondary N) is 1. The highest BCUT2D eigenvalue weighted by molar-refractivity contribution is 9.10. The summed E-state index contributed by atoms with van der Waals surface area (Å²) in [6.45, 7) is 1.59. The summed E-state index contributed by atoms with van der Waals surface area (Å²) >= 11 is 3.10. The minimum Gasteiger partial charge on any atom is -0.309 e. The maximum atomic E-state index is 13.9. The monoisotopic (exact) mass is 319 g/mol. The van der Waals surface area contributed by atoms with Gasteiger partial charge in [-0.05, 0) is 45.3 Å². The van der Waals surface area contributed by atoms with Crippen LogP contribution in [0.2, 0.25) is 0 Å². The number of fused-ring (bicyclic) bond motifs is 1. The normalized spacial score (nSPS) is 13.4. The van der Waals surface area contributed by atoms with E-state index in [1.807, 2.05) is 12.1 Å². The second kappa shape index (κ2) is 4.87. The average molecular weight is 320 g/mol. The smallest absolute Gasteiger partial charge is 0.196 e. The molecule has 4 heteroatoms. The molecule has 0 radical (unpaired) electrons. The Bertz CT molecular complexity index is 669. The van der Waals surface area contributed by atoms with Gasteiger partial charge in [0.05, 0.1) is 10.0 Å². The number of ketones is 1. The molecule has 0 bridgehead atoms. The minimum atomic E-state index is -0.508. The minimum absolute atomic E-state index is 0.0975. The van der Waals surface area contributed by atoms with Crippen LogP contribution in [0.1, 0.15) is 27.0 Å². The molecular formula is C15H11BrFNO. The molecule has 0 spiro atoms. The predicted molar refractivity (Wildman–Crippen MR) is 74.5 cm³/mol. The van der Waals surface area contributed by atoms with Crippen LogP contribution in [0.3, 0.4) is 0 Å². The van der Waals surface area contributed by atoms with Gasteiger partial charge in [-0.1, -0.05) is 18.2 Å². The summed E-state index contributed by atoms with van der Waals surface area (Å²) in [6.07, 6.45) is 0. The Hall–Kier alpha value is -1.52. The molecule has 0 unspecified atom stereocenters. The van der Waals surface area contributed by atoms with E-state index in [2.05, 4.69) is 21.2 Å². The van der Waals surface area contributed by atoms with Gasteiger partial charge in [0.15, 0.2) is 5.78 Å². The molecular weight excluding hydrogens is 309 g/mol. The molecule has 2 aromatic carbocycles. The van der Waals surface area contributed by atoms with Crippen molar-refractivity contribution in [3.63, 3.8) is 0 Å². The molecule has 2 aromatic rings. The van der Waals surface area contributed by atoms with Crippen molar-refractivity contribution in [2.45, 2.75) is 13.1 Å². The highest BCUT2D eigenvalue weighted by Crippen LogP contribution is 2.23. The van der Waals surface area contributed by atoms with Crippen molar-refractivity contribution in [1.29, 1.82) is 0 Å². The Balaban J connectivity index is 2.02. The Morgan fingerprint density at radius 2 is 1.95 bits per heavy atom. The first-order valence-electron chi connectivity index (χ1n) is 5.98. The predicted octanol–water partition coefficient (Wildman–Crippen LogP) is 3.42. The number of hydrogen-bond acceptors (Lipinski definition) is 2. The molecule has 0 saturated carbocycles. The molecule has 1 N–H and O–H groups in total. The molecule has 0 saturated heterocycles. The van der Waals surface area contributed by atoms with Crippen molar-refractivity contribution in [3.05, 3.63) is 68.9 Å². The van der Waals surface area contributed by atoms with Crippen molar-refractivity contribution in [1.82, 2.24) is 5.32 Å². The van der Waals surface area contributed by atoms with Crippen LogP contribution in [0.25, 0.3) is 0 Å². The van der Waals surface area contributed by atoms with Crippen LogP contribution >= 0.6 is 15.9 Å². The van der Waals surface area contributed by atoms with Gasteiger partial charge in [-0.2, -0.15) is 0 Å². The Morgan fingerprint density at radius 3 is 2.79 bits per heavy atom. The lowest BCUT2D eigenvalue weighted by Crippen LogP contribution is -2.05. The number of rotatable bonds is 2. The Labute approximate surface area is 118 Å². The molecule has 96 valence electrons. The average Bonchev–Trinajstić information content (AvgIpc) is 2.88. The maximum Gasteiger partial charge on any atom is 0.196 e. The molecule has 0 fully saturated rings. The molecule has 2 nitrogen and oxygen atoms in total. The van der Waals surface area contributed by atoms with E-state index in [1.54, 1.807) is 18.2 Å². The quantitative estimate of drug-likeness (QED) is 0.859. The number of benzene rings is 2. The van der Waals surface area contributed by atoms with E-state index >= 15 is 0 Å². The first-order chi connectivity index (χ1) is 9.16. The highest BCUT2D eigenvalue weighted by Gasteiger charge is 2.18. The molecule has 0 amide bonds. The number of carbonyl (C=O) groups is 1. The van der Waals surface area contributed by atoms with Crippen LogP contribution in [0.5, 0.6) is 0 Å². The van der Waals surface area contributed by atoms with Crippen LogP contribution in [0.4, 0.5) is 4.39 Å². The molecule has 1 heterocycles. The van der Waals surface area contributed by atoms with Gasteiger partial charge in [0, 0.05) is 18.7 Å². The van der Waals surface area contributed by atoms with E-state index in [0.29, 0.717) is 10.0 Å². The fraction of sp³-hybridized carbons (Fsp3) is 0.133. The van der Waals surface area contributed by atoms with E-state index in [-0.39, 0.29) is 11.3 Å². The summed E-state index contributed by atoms with van der Waals surface area (Å²) < 4.78 is 14.2. The van der Waals surface area contributed by atoms with Crippen LogP contribution in [0.15, 0.2) is 40.9 Å². The summed E-state index contributed by atoms with van der Waals surface area (Å²) in [5, 5.41) is 3.22. The largest absolute Gasteiger partial charge is 0.309 e. The summed E-state index contributed by atoms with van der Waals surface area (Å²) in [4.78, 5) is 12.3. The van der Waals surface area contributed by atoms with Gasteiger partial charge >= 0.3 is 0 Å². The zero-order valence-corrected chi connectivity index (χ0v) is 11.6. The van der Waals surface area contributed by atoms with Crippen molar-refractivity contribution in [2.75, 3.05) is 0 Å². The zero-order chi connectivity index (χ0) is 13.4. The fourth-order valence-corrected chi connectivity index (χ4v) is 2.64. The summed E-state index contributed by atoms with van der Waals surface area (Å²) in [5.74, 6) is -0.792. The third-order valence-corrected chi connectivity index (χ3v) is 3.91. The lowest BCUT2D eigenvalue weighted by Gasteiger charge is -2.06. The molecule has 3 rings (SSSR count). The van der Waals surface area contributed by atoms with Gasteiger partial charge in [0.2, 0.25) is 0 Å². The molecule has 19 heavy (non-hydrogen) atoms. The van der Waals surface area contributed by atoms with Crippen LogP contribution in [0, 0.1) is 5.82 Å². The summed E-state index contributed by atoms with van der Waals surface area (Å²) in [7, 11) is 0. The van der Waals surface area contributed by atoms with Crippen molar-refractivity contribution >= 4 is 21.7 Å². The van der Waals surface area contributed by atoms with Crippen LogP contribution in [-0.4, -0.2) is 5.78 Å². The first kappa shape index (κ1) is 12.5. The van der Waals surface area contributed by atoms with Gasteiger partial charge in [-0.25, -0.2) is 4.39 Å². The van der Waals surface area contributed by atoms with Gasteiger partial charge in [-0.3, -0.25) is 4.79 Å². The Morgan fingerprint density at radius 1 is 1.16 bits per heavy atom. The third kappa shape index (κ3) is 2.22. The first-order valence-corrected chi connectivity index (χ1v) is 6.77. The molecule has 0 aromatic heterocycles. The standard InChI is InChI=1S/C15H11BrFNO/c16-13-3-1-2-12(14(13)17)15(19)9-4-5-10-7-18-8-11(10)6-9/h1-6,18H,7-8H2. The fourth-order valence-electron chi connectivity index (χ4n) is 2.27. The van der Waals surface area contributed by atoms with Gasteiger partial charge < -0.3 is 5.32 Å². The second-order valence-electron chi connectivity index (χ2n) is 4.52. The van der Waals surface area contributed by atoms with Crippen LogP contribution in [-0.2, 0) is 13.1 Å². The molecule has 1 aliphatic rings. The van der Waals surface area contributed by atoms with E-state index in [0.717, 1.165) is 18.7 Å². The van der Waals surface area contributed by atoms with E-state index in [4.69, 9.17) is 0 Å². The SMILES string of the molecule is O=C(c1ccc2c(c1)CNC2)c1cccc(Br)c1F. The second-order valence-corrected chi connectivity index (χ2v) is 5.37. The van der Waals surface area contributed by atoms with Crippen molar-refractivity contribution < 1.29 is 9.18 Å². The van der Waals surface area contributed by atoms with E-state index in [9.17, 15) is 9.18 Å². The molecule has 0 atom stereocenters. The van der Waals surface area contributed by atoms with Gasteiger partial charge in [0.25, 0.3) is 0 Å².